The molecule has 1 unspecified atom stereocenters. The standard InChI is InChI=1S/C15H27N/c1-3-5-6-8-15(16)14-11-9-13(7-4-2)10-12-14/h13-15H,4,6-12,16H2,1-2H3. The first-order chi connectivity index (χ1) is 7.77. The average molecular weight is 221 g/mol. The van der Waals surface area contributed by atoms with E-state index < -0.39 is 0 Å². The minimum Gasteiger partial charge on any atom is -0.327 e. The molecule has 1 atom stereocenters. The van der Waals surface area contributed by atoms with E-state index in [1.807, 2.05) is 6.92 Å². The van der Waals surface area contributed by atoms with E-state index in [0.717, 1.165) is 24.7 Å². The van der Waals surface area contributed by atoms with Crippen molar-refractivity contribution in [1.29, 1.82) is 0 Å². The van der Waals surface area contributed by atoms with Crippen LogP contribution < -0.4 is 5.73 Å². The van der Waals surface area contributed by atoms with Crippen molar-refractivity contribution in [1.82, 2.24) is 0 Å². The third-order valence-corrected chi connectivity index (χ3v) is 3.97. The van der Waals surface area contributed by atoms with Crippen LogP contribution in [0.25, 0.3) is 0 Å². The highest BCUT2D eigenvalue weighted by molar-refractivity contribution is 4.96. The van der Waals surface area contributed by atoms with Gasteiger partial charge in [-0.25, -0.2) is 0 Å². The van der Waals surface area contributed by atoms with Crippen molar-refractivity contribution in [3.8, 4) is 11.8 Å². The molecule has 1 rings (SSSR count). The molecule has 1 aliphatic rings. The minimum atomic E-state index is 0.392. The molecule has 0 spiro atoms. The van der Waals surface area contributed by atoms with E-state index >= 15 is 0 Å². The molecule has 16 heavy (non-hydrogen) atoms. The SMILES string of the molecule is CC#CCCC(N)C1CCC(CCC)CC1. The van der Waals surface area contributed by atoms with Crippen LogP contribution in [0.15, 0.2) is 0 Å². The van der Waals surface area contributed by atoms with Gasteiger partial charge in [0, 0.05) is 12.5 Å². The fraction of sp³-hybridized carbons (Fsp3) is 0.867. The van der Waals surface area contributed by atoms with Gasteiger partial charge in [-0.2, -0.15) is 0 Å². The van der Waals surface area contributed by atoms with E-state index in [1.54, 1.807) is 0 Å². The lowest BCUT2D eigenvalue weighted by atomic mass is 9.76. The molecular formula is C15H27N. The van der Waals surface area contributed by atoms with Gasteiger partial charge in [0.25, 0.3) is 0 Å². The molecule has 0 radical (unpaired) electrons. The Bertz CT molecular complexity index is 228. The summed E-state index contributed by atoms with van der Waals surface area (Å²) in [5, 5.41) is 0. The summed E-state index contributed by atoms with van der Waals surface area (Å²) in [6.45, 7) is 4.20. The Morgan fingerprint density at radius 1 is 1.25 bits per heavy atom. The lowest BCUT2D eigenvalue weighted by Gasteiger charge is -2.31. The zero-order chi connectivity index (χ0) is 11.8. The van der Waals surface area contributed by atoms with E-state index in [1.165, 1.54) is 38.5 Å². The summed E-state index contributed by atoms with van der Waals surface area (Å²) in [5.41, 5.74) is 6.24. The van der Waals surface area contributed by atoms with Gasteiger partial charge in [0.2, 0.25) is 0 Å². The van der Waals surface area contributed by atoms with Gasteiger partial charge in [0.05, 0.1) is 0 Å². The van der Waals surface area contributed by atoms with Crippen LogP contribution in [0.4, 0.5) is 0 Å². The maximum atomic E-state index is 6.24. The fourth-order valence-corrected chi connectivity index (χ4v) is 2.91. The maximum absolute atomic E-state index is 6.24. The number of rotatable bonds is 5. The molecule has 92 valence electrons. The van der Waals surface area contributed by atoms with Crippen molar-refractivity contribution in [2.75, 3.05) is 0 Å². The molecule has 0 aromatic rings. The normalized spacial score (nSPS) is 26.9. The number of hydrogen-bond acceptors (Lipinski definition) is 1. The third-order valence-electron chi connectivity index (χ3n) is 3.97. The summed E-state index contributed by atoms with van der Waals surface area (Å²) >= 11 is 0. The Hall–Kier alpha value is -0.480. The van der Waals surface area contributed by atoms with Crippen LogP contribution in [0, 0.1) is 23.7 Å². The Kier molecular flexibility index (Phi) is 6.57. The zero-order valence-corrected chi connectivity index (χ0v) is 11.0. The third kappa shape index (κ3) is 4.58. The van der Waals surface area contributed by atoms with Crippen molar-refractivity contribution < 1.29 is 0 Å². The summed E-state index contributed by atoms with van der Waals surface area (Å²) in [5.74, 6) is 7.82. The molecule has 0 heterocycles. The Morgan fingerprint density at radius 3 is 2.50 bits per heavy atom. The Labute approximate surface area is 101 Å². The summed E-state index contributed by atoms with van der Waals surface area (Å²) in [7, 11) is 0. The van der Waals surface area contributed by atoms with E-state index in [4.69, 9.17) is 5.73 Å². The lowest BCUT2D eigenvalue weighted by molar-refractivity contribution is 0.229. The first-order valence-corrected chi connectivity index (χ1v) is 6.93. The molecule has 1 nitrogen and oxygen atoms in total. The van der Waals surface area contributed by atoms with Crippen LogP contribution >= 0.6 is 0 Å². The second-order valence-corrected chi connectivity index (χ2v) is 5.20. The first kappa shape index (κ1) is 13.6. The van der Waals surface area contributed by atoms with Gasteiger partial charge in [-0.05, 0) is 38.0 Å². The largest absolute Gasteiger partial charge is 0.327 e. The van der Waals surface area contributed by atoms with E-state index in [0.29, 0.717) is 6.04 Å². The second kappa shape index (κ2) is 7.74. The van der Waals surface area contributed by atoms with Gasteiger partial charge in [-0.15, -0.1) is 11.8 Å². The summed E-state index contributed by atoms with van der Waals surface area (Å²) < 4.78 is 0. The predicted octanol–water partition coefficient (Wildman–Crippen LogP) is 3.72. The molecule has 1 fully saturated rings. The van der Waals surface area contributed by atoms with Crippen LogP contribution in [0.3, 0.4) is 0 Å². The van der Waals surface area contributed by atoms with Crippen LogP contribution in [0.5, 0.6) is 0 Å². The van der Waals surface area contributed by atoms with E-state index in [2.05, 4.69) is 18.8 Å². The molecule has 1 saturated carbocycles. The molecule has 0 bridgehead atoms. The molecule has 0 aromatic heterocycles. The highest BCUT2D eigenvalue weighted by Gasteiger charge is 2.24. The average Bonchev–Trinajstić information content (AvgIpc) is 2.30. The predicted molar refractivity (Wildman–Crippen MR) is 71.0 cm³/mol. The molecule has 1 heteroatoms. The fourth-order valence-electron chi connectivity index (χ4n) is 2.91. The molecule has 0 aliphatic heterocycles. The molecule has 0 aromatic carbocycles. The number of nitrogens with two attached hydrogens (primary N) is 1. The molecule has 2 N–H and O–H groups in total. The van der Waals surface area contributed by atoms with Crippen molar-refractivity contribution in [3.05, 3.63) is 0 Å². The molecule has 0 amide bonds. The quantitative estimate of drug-likeness (QED) is 0.703. The molecule has 0 saturated heterocycles. The van der Waals surface area contributed by atoms with Gasteiger partial charge in [0.1, 0.15) is 0 Å². The lowest BCUT2D eigenvalue weighted by Crippen LogP contribution is -2.32. The van der Waals surface area contributed by atoms with Gasteiger partial charge in [0.15, 0.2) is 0 Å². The topological polar surface area (TPSA) is 26.0 Å². The van der Waals surface area contributed by atoms with Gasteiger partial charge < -0.3 is 5.73 Å². The van der Waals surface area contributed by atoms with E-state index in [9.17, 15) is 0 Å². The van der Waals surface area contributed by atoms with E-state index in [-0.39, 0.29) is 0 Å². The minimum absolute atomic E-state index is 0.392. The van der Waals surface area contributed by atoms with Crippen LogP contribution in [0.2, 0.25) is 0 Å². The van der Waals surface area contributed by atoms with Crippen molar-refractivity contribution in [2.45, 2.75) is 71.3 Å². The zero-order valence-electron chi connectivity index (χ0n) is 11.0. The Balaban J connectivity index is 2.21. The monoisotopic (exact) mass is 221 g/mol. The second-order valence-electron chi connectivity index (χ2n) is 5.20. The van der Waals surface area contributed by atoms with Crippen molar-refractivity contribution >= 4 is 0 Å². The summed E-state index contributed by atoms with van der Waals surface area (Å²) in [6, 6.07) is 0.392. The smallest absolute Gasteiger partial charge is 0.0103 e. The molecule has 1 aliphatic carbocycles. The highest BCUT2D eigenvalue weighted by atomic mass is 14.6. The first-order valence-electron chi connectivity index (χ1n) is 6.93. The van der Waals surface area contributed by atoms with Crippen molar-refractivity contribution in [3.63, 3.8) is 0 Å². The van der Waals surface area contributed by atoms with Crippen molar-refractivity contribution in [2.24, 2.45) is 17.6 Å². The summed E-state index contributed by atoms with van der Waals surface area (Å²) in [4.78, 5) is 0. The summed E-state index contributed by atoms with van der Waals surface area (Å²) in [6.07, 6.45) is 10.3. The van der Waals surface area contributed by atoms with Crippen LogP contribution in [-0.4, -0.2) is 6.04 Å². The molecular weight excluding hydrogens is 194 g/mol. The maximum Gasteiger partial charge on any atom is 0.0103 e. The van der Waals surface area contributed by atoms with Gasteiger partial charge in [-0.3, -0.25) is 0 Å². The Morgan fingerprint density at radius 2 is 1.94 bits per heavy atom. The van der Waals surface area contributed by atoms with Crippen LogP contribution in [-0.2, 0) is 0 Å². The number of hydrogen-bond donors (Lipinski definition) is 1. The van der Waals surface area contributed by atoms with Gasteiger partial charge in [-0.1, -0.05) is 32.6 Å². The van der Waals surface area contributed by atoms with Gasteiger partial charge >= 0.3 is 0 Å². The van der Waals surface area contributed by atoms with Crippen LogP contribution in [0.1, 0.15) is 65.2 Å². The highest BCUT2D eigenvalue weighted by Crippen LogP contribution is 2.33.